The molecule has 0 saturated heterocycles. The molecule has 0 spiro atoms. The summed E-state index contributed by atoms with van der Waals surface area (Å²) in [4.78, 5) is 12.7. The van der Waals surface area contributed by atoms with Crippen molar-refractivity contribution in [2.24, 2.45) is 5.10 Å². The number of carbonyl (C=O) groups excluding carboxylic acids is 1. The van der Waals surface area contributed by atoms with Crippen LogP contribution in [0.4, 0.5) is 5.69 Å². The maximum absolute atomic E-state index is 13.0. The smallest absolute Gasteiger partial charge is 0.294 e. The Morgan fingerprint density at radius 3 is 2.35 bits per heavy atom. The second kappa shape index (κ2) is 9.50. The van der Waals surface area contributed by atoms with E-state index in [-0.39, 0.29) is 10.8 Å². The molecule has 3 aromatic rings. The summed E-state index contributed by atoms with van der Waals surface area (Å²) < 4.78 is 43.0. The summed E-state index contributed by atoms with van der Waals surface area (Å²) in [7, 11) is -2.77. The highest BCUT2D eigenvalue weighted by molar-refractivity contribution is 7.85. The minimum absolute atomic E-state index is 0.263. The molecule has 34 heavy (non-hydrogen) atoms. The van der Waals surface area contributed by atoms with Crippen LogP contribution in [0.1, 0.15) is 18.1 Å². The lowest BCUT2D eigenvalue weighted by Gasteiger charge is -2.12. The molecule has 4 rings (SSSR count). The van der Waals surface area contributed by atoms with Crippen molar-refractivity contribution in [3.05, 3.63) is 89.5 Å². The van der Waals surface area contributed by atoms with Gasteiger partial charge in [-0.3, -0.25) is 9.35 Å². The lowest BCUT2D eigenvalue weighted by Crippen LogP contribution is -2.21. The molecule has 1 N–H and O–H groups in total. The Balaban J connectivity index is 1.54. The first-order chi connectivity index (χ1) is 16.3. The fourth-order valence-electron chi connectivity index (χ4n) is 3.41. The standard InChI is InChI=1S/C25H22N2O6S/c1-17-22(25(28)27(26-17)20-9-11-21(12-10-20)34(29,30)31)14-19-8-13-23(24(15-19)32-2)33-16-18-6-4-3-5-7-18/h3-15H,16H2,1-2H3,(H,29,30,31). The Morgan fingerprint density at radius 2 is 1.71 bits per heavy atom. The van der Waals surface area contributed by atoms with Gasteiger partial charge in [-0.2, -0.15) is 18.5 Å². The van der Waals surface area contributed by atoms with E-state index in [1.165, 1.54) is 29.3 Å². The predicted molar refractivity (Wildman–Crippen MR) is 129 cm³/mol. The van der Waals surface area contributed by atoms with Crippen LogP contribution in [0.25, 0.3) is 6.08 Å². The Morgan fingerprint density at radius 1 is 1.00 bits per heavy atom. The highest BCUT2D eigenvalue weighted by Crippen LogP contribution is 2.31. The van der Waals surface area contributed by atoms with Crippen LogP contribution < -0.4 is 14.5 Å². The van der Waals surface area contributed by atoms with Gasteiger partial charge in [0, 0.05) is 0 Å². The van der Waals surface area contributed by atoms with Crippen molar-refractivity contribution in [3.8, 4) is 11.5 Å². The first-order valence-corrected chi connectivity index (χ1v) is 11.7. The van der Waals surface area contributed by atoms with Crippen molar-refractivity contribution in [1.82, 2.24) is 0 Å². The number of methoxy groups -OCH3 is 1. The first kappa shape index (κ1) is 23.2. The Kier molecular flexibility index (Phi) is 6.49. The van der Waals surface area contributed by atoms with Crippen molar-refractivity contribution in [2.75, 3.05) is 12.1 Å². The summed E-state index contributed by atoms with van der Waals surface area (Å²) in [6, 6.07) is 20.4. The predicted octanol–water partition coefficient (Wildman–Crippen LogP) is 4.33. The molecule has 9 heteroatoms. The molecule has 0 radical (unpaired) electrons. The average Bonchev–Trinajstić information content (AvgIpc) is 3.11. The fourth-order valence-corrected chi connectivity index (χ4v) is 3.89. The number of hydrogen-bond donors (Lipinski definition) is 1. The van der Waals surface area contributed by atoms with E-state index in [0.29, 0.717) is 35.1 Å². The molecule has 1 aliphatic rings. The third-order valence-electron chi connectivity index (χ3n) is 5.18. The van der Waals surface area contributed by atoms with Crippen molar-refractivity contribution in [2.45, 2.75) is 18.4 Å². The molecule has 8 nitrogen and oxygen atoms in total. The van der Waals surface area contributed by atoms with Crippen LogP contribution in [-0.2, 0) is 21.5 Å². The molecule has 0 bridgehead atoms. The van der Waals surface area contributed by atoms with Gasteiger partial charge in [0.2, 0.25) is 0 Å². The zero-order valence-corrected chi connectivity index (χ0v) is 19.3. The Labute approximate surface area is 197 Å². The number of amides is 1. The van der Waals surface area contributed by atoms with Crippen molar-refractivity contribution < 1.29 is 27.2 Å². The Hall–Kier alpha value is -3.95. The number of benzene rings is 3. The van der Waals surface area contributed by atoms with E-state index in [2.05, 4.69) is 5.10 Å². The van der Waals surface area contributed by atoms with Gasteiger partial charge in [0.1, 0.15) is 6.61 Å². The minimum atomic E-state index is -4.32. The van der Waals surface area contributed by atoms with Crippen molar-refractivity contribution in [1.29, 1.82) is 0 Å². The number of nitrogens with zero attached hydrogens (tertiary/aromatic N) is 2. The van der Waals surface area contributed by atoms with E-state index in [9.17, 15) is 13.2 Å². The zero-order valence-electron chi connectivity index (χ0n) is 18.5. The number of rotatable bonds is 7. The summed E-state index contributed by atoms with van der Waals surface area (Å²) in [5, 5.41) is 5.48. The number of hydrazone groups is 1. The summed E-state index contributed by atoms with van der Waals surface area (Å²) in [6.45, 7) is 2.11. The van der Waals surface area contributed by atoms with Crippen LogP contribution in [0.3, 0.4) is 0 Å². The number of carbonyl (C=O) groups is 1. The van der Waals surface area contributed by atoms with Crippen LogP contribution in [0.2, 0.25) is 0 Å². The van der Waals surface area contributed by atoms with E-state index >= 15 is 0 Å². The maximum atomic E-state index is 13.0. The van der Waals surface area contributed by atoms with Gasteiger partial charge >= 0.3 is 0 Å². The molecule has 0 aromatic heterocycles. The van der Waals surface area contributed by atoms with E-state index in [4.69, 9.17) is 14.0 Å². The van der Waals surface area contributed by atoms with E-state index < -0.39 is 10.1 Å². The molecule has 0 atom stereocenters. The molecule has 1 heterocycles. The van der Waals surface area contributed by atoms with Gasteiger partial charge in [-0.1, -0.05) is 36.4 Å². The highest BCUT2D eigenvalue weighted by atomic mass is 32.2. The first-order valence-electron chi connectivity index (χ1n) is 10.3. The molecular weight excluding hydrogens is 456 g/mol. The summed E-state index contributed by atoms with van der Waals surface area (Å²) in [6.07, 6.45) is 1.71. The second-order valence-corrected chi connectivity index (χ2v) is 8.94. The van der Waals surface area contributed by atoms with Gasteiger partial charge < -0.3 is 9.47 Å². The molecule has 3 aromatic carbocycles. The lowest BCUT2D eigenvalue weighted by molar-refractivity contribution is -0.114. The molecule has 0 fully saturated rings. The average molecular weight is 479 g/mol. The van der Waals surface area contributed by atoms with Crippen molar-refractivity contribution >= 4 is 33.5 Å². The molecular formula is C25H22N2O6S. The second-order valence-electron chi connectivity index (χ2n) is 7.51. The third-order valence-corrected chi connectivity index (χ3v) is 6.05. The largest absolute Gasteiger partial charge is 0.493 e. The minimum Gasteiger partial charge on any atom is -0.493 e. The van der Waals surface area contributed by atoms with E-state index in [0.717, 1.165) is 11.1 Å². The molecule has 174 valence electrons. The maximum Gasteiger partial charge on any atom is 0.294 e. The van der Waals surface area contributed by atoms with Crippen LogP contribution in [0.5, 0.6) is 11.5 Å². The molecule has 1 aliphatic heterocycles. The SMILES string of the molecule is COc1cc(C=C2C(=O)N(c3ccc(S(=O)(=O)O)cc3)N=C2C)ccc1OCc1ccccc1. The van der Waals surface area contributed by atoms with Crippen LogP contribution >= 0.6 is 0 Å². The van der Waals surface area contributed by atoms with Gasteiger partial charge in [0.05, 0.1) is 29.0 Å². The van der Waals surface area contributed by atoms with Crippen LogP contribution in [0.15, 0.2) is 88.4 Å². The molecule has 0 aliphatic carbocycles. The van der Waals surface area contributed by atoms with Crippen LogP contribution in [0, 0.1) is 0 Å². The molecule has 0 saturated carbocycles. The number of ether oxygens (including phenoxy) is 2. The quantitative estimate of drug-likeness (QED) is 0.400. The summed E-state index contributed by atoms with van der Waals surface area (Å²) in [5.41, 5.74) is 3.03. The fraction of sp³-hybridized carbons (Fsp3) is 0.120. The molecule has 0 unspecified atom stereocenters. The van der Waals surface area contributed by atoms with E-state index in [1.54, 1.807) is 32.2 Å². The number of anilines is 1. The summed E-state index contributed by atoms with van der Waals surface area (Å²) in [5.74, 6) is 0.751. The lowest BCUT2D eigenvalue weighted by atomic mass is 10.1. The van der Waals surface area contributed by atoms with Gasteiger partial charge in [-0.25, -0.2) is 0 Å². The highest BCUT2D eigenvalue weighted by Gasteiger charge is 2.29. The topological polar surface area (TPSA) is 106 Å². The number of hydrogen-bond acceptors (Lipinski definition) is 6. The van der Waals surface area contributed by atoms with Crippen molar-refractivity contribution in [3.63, 3.8) is 0 Å². The normalized spacial score (nSPS) is 14.9. The van der Waals surface area contributed by atoms with Crippen LogP contribution in [-0.4, -0.2) is 31.7 Å². The van der Waals surface area contributed by atoms with Gasteiger partial charge in [-0.05, 0) is 60.5 Å². The van der Waals surface area contributed by atoms with Gasteiger partial charge in [-0.15, -0.1) is 0 Å². The van der Waals surface area contributed by atoms with Gasteiger partial charge in [0.25, 0.3) is 16.0 Å². The third kappa shape index (κ3) is 5.00. The Bertz CT molecular complexity index is 1380. The monoisotopic (exact) mass is 478 g/mol. The van der Waals surface area contributed by atoms with Gasteiger partial charge in [0.15, 0.2) is 11.5 Å². The zero-order chi connectivity index (χ0) is 24.3. The van der Waals surface area contributed by atoms with E-state index in [1.807, 2.05) is 36.4 Å². The summed E-state index contributed by atoms with van der Waals surface area (Å²) >= 11 is 0. The molecule has 1 amide bonds.